The summed E-state index contributed by atoms with van der Waals surface area (Å²) >= 11 is 1.37. The molecule has 1 amide bonds. The molecule has 3 aromatic rings. The molecule has 0 bridgehead atoms. The molecule has 3 rings (SSSR count). The van der Waals surface area contributed by atoms with Crippen molar-refractivity contribution < 1.29 is 14.3 Å². The average molecular weight is 382 g/mol. The first-order valence-corrected chi connectivity index (χ1v) is 8.97. The SMILES string of the molecule is CC(=O)c1sc(-c2ccc(Oc3cncc(C(=O)N(C)C)n3)cc2)nc1C. The van der Waals surface area contributed by atoms with Crippen LogP contribution in [-0.2, 0) is 0 Å². The van der Waals surface area contributed by atoms with Crippen molar-refractivity contribution in [2.45, 2.75) is 13.8 Å². The van der Waals surface area contributed by atoms with Gasteiger partial charge >= 0.3 is 0 Å². The van der Waals surface area contributed by atoms with E-state index < -0.39 is 0 Å². The third-order valence-electron chi connectivity index (χ3n) is 3.68. The molecule has 0 aliphatic heterocycles. The van der Waals surface area contributed by atoms with Gasteiger partial charge in [-0.1, -0.05) is 0 Å². The van der Waals surface area contributed by atoms with Crippen LogP contribution in [0.3, 0.4) is 0 Å². The largest absolute Gasteiger partial charge is 0.437 e. The van der Waals surface area contributed by atoms with Crippen LogP contribution in [0, 0.1) is 6.92 Å². The van der Waals surface area contributed by atoms with Gasteiger partial charge in [0.2, 0.25) is 5.88 Å². The molecule has 0 spiro atoms. The summed E-state index contributed by atoms with van der Waals surface area (Å²) < 4.78 is 5.69. The van der Waals surface area contributed by atoms with Crippen LogP contribution >= 0.6 is 11.3 Å². The van der Waals surface area contributed by atoms with Crippen molar-refractivity contribution in [2.24, 2.45) is 0 Å². The second kappa shape index (κ2) is 7.63. The molecular weight excluding hydrogens is 364 g/mol. The van der Waals surface area contributed by atoms with Gasteiger partial charge in [-0.05, 0) is 31.2 Å². The molecule has 0 saturated carbocycles. The Kier molecular flexibility index (Phi) is 5.27. The molecule has 0 atom stereocenters. The zero-order valence-electron chi connectivity index (χ0n) is 15.4. The minimum Gasteiger partial charge on any atom is -0.437 e. The maximum Gasteiger partial charge on any atom is 0.273 e. The summed E-state index contributed by atoms with van der Waals surface area (Å²) in [4.78, 5) is 38.3. The molecule has 27 heavy (non-hydrogen) atoms. The van der Waals surface area contributed by atoms with Gasteiger partial charge in [0.05, 0.1) is 23.0 Å². The minimum atomic E-state index is -0.247. The van der Waals surface area contributed by atoms with Gasteiger partial charge in [0.1, 0.15) is 10.8 Å². The van der Waals surface area contributed by atoms with E-state index in [9.17, 15) is 9.59 Å². The van der Waals surface area contributed by atoms with Crippen LogP contribution in [0.5, 0.6) is 11.6 Å². The van der Waals surface area contributed by atoms with E-state index >= 15 is 0 Å². The topological polar surface area (TPSA) is 85.3 Å². The fourth-order valence-electron chi connectivity index (χ4n) is 2.36. The van der Waals surface area contributed by atoms with Crippen LogP contribution in [0.1, 0.15) is 32.8 Å². The fourth-order valence-corrected chi connectivity index (χ4v) is 3.33. The first kappa shape index (κ1) is 18.7. The van der Waals surface area contributed by atoms with Crippen molar-refractivity contribution >= 4 is 23.0 Å². The van der Waals surface area contributed by atoms with E-state index in [2.05, 4.69) is 15.0 Å². The molecule has 0 aliphatic rings. The lowest BCUT2D eigenvalue weighted by atomic mass is 10.2. The van der Waals surface area contributed by atoms with Gasteiger partial charge in [-0.25, -0.2) is 9.97 Å². The number of rotatable bonds is 5. The summed E-state index contributed by atoms with van der Waals surface area (Å²) in [6, 6.07) is 7.28. The van der Waals surface area contributed by atoms with E-state index in [1.165, 1.54) is 35.6 Å². The third-order valence-corrected chi connectivity index (χ3v) is 4.99. The minimum absolute atomic E-state index is 0.0157. The van der Waals surface area contributed by atoms with Crippen LogP contribution in [-0.4, -0.2) is 45.6 Å². The van der Waals surface area contributed by atoms with Crippen molar-refractivity contribution in [3.05, 3.63) is 52.9 Å². The van der Waals surface area contributed by atoms with E-state index in [0.29, 0.717) is 10.6 Å². The van der Waals surface area contributed by atoms with Gasteiger partial charge < -0.3 is 9.64 Å². The number of hydrogen-bond acceptors (Lipinski definition) is 7. The Morgan fingerprint density at radius 3 is 2.37 bits per heavy atom. The number of amides is 1. The Hall–Kier alpha value is -3.13. The number of ketones is 1. The quantitative estimate of drug-likeness (QED) is 0.627. The standard InChI is InChI=1S/C19H18N4O3S/c1-11-17(12(2)24)27-18(21-11)13-5-7-14(8-6-13)26-16-10-20-9-15(22-16)19(25)23(3)4/h5-10H,1-4H3. The van der Waals surface area contributed by atoms with Crippen LogP contribution < -0.4 is 4.74 Å². The van der Waals surface area contributed by atoms with E-state index in [-0.39, 0.29) is 23.3 Å². The van der Waals surface area contributed by atoms with Crippen LogP contribution in [0.2, 0.25) is 0 Å². The van der Waals surface area contributed by atoms with Gasteiger partial charge in [0, 0.05) is 26.6 Å². The predicted octanol–water partition coefficient (Wildman–Crippen LogP) is 3.61. The van der Waals surface area contributed by atoms with Gasteiger partial charge in [0.25, 0.3) is 5.91 Å². The number of benzene rings is 1. The zero-order valence-corrected chi connectivity index (χ0v) is 16.2. The van der Waals surface area contributed by atoms with E-state index in [0.717, 1.165) is 16.3 Å². The molecule has 7 nitrogen and oxygen atoms in total. The average Bonchev–Trinajstić information content (AvgIpc) is 3.04. The Balaban J connectivity index is 1.79. The van der Waals surface area contributed by atoms with Crippen molar-refractivity contribution in [1.82, 2.24) is 19.9 Å². The molecule has 1 aromatic carbocycles. The normalized spacial score (nSPS) is 10.5. The Labute approximate surface area is 160 Å². The van der Waals surface area contributed by atoms with Gasteiger partial charge in [-0.2, -0.15) is 0 Å². The van der Waals surface area contributed by atoms with Crippen molar-refractivity contribution in [2.75, 3.05) is 14.1 Å². The summed E-state index contributed by atoms with van der Waals surface area (Å²) in [5.41, 5.74) is 1.84. The molecule has 2 heterocycles. The summed E-state index contributed by atoms with van der Waals surface area (Å²) in [5.74, 6) is 0.563. The Morgan fingerprint density at radius 1 is 1.07 bits per heavy atom. The Bertz CT molecular complexity index is 996. The Morgan fingerprint density at radius 2 is 1.78 bits per heavy atom. The zero-order chi connectivity index (χ0) is 19.6. The van der Waals surface area contributed by atoms with Crippen molar-refractivity contribution in [3.8, 4) is 22.2 Å². The van der Waals surface area contributed by atoms with Crippen LogP contribution in [0.4, 0.5) is 0 Å². The molecule has 0 radical (unpaired) electrons. The molecule has 0 unspecified atom stereocenters. The monoisotopic (exact) mass is 382 g/mol. The second-order valence-corrected chi connectivity index (χ2v) is 7.06. The molecule has 0 aliphatic carbocycles. The van der Waals surface area contributed by atoms with Crippen LogP contribution in [0.25, 0.3) is 10.6 Å². The highest BCUT2D eigenvalue weighted by Crippen LogP contribution is 2.30. The maximum atomic E-state index is 12.0. The van der Waals surface area contributed by atoms with Gasteiger partial charge in [-0.15, -0.1) is 11.3 Å². The lowest BCUT2D eigenvalue weighted by Gasteiger charge is -2.10. The van der Waals surface area contributed by atoms with E-state index in [4.69, 9.17) is 4.74 Å². The molecule has 0 N–H and O–H groups in total. The fraction of sp³-hybridized carbons (Fsp3) is 0.211. The number of Topliss-reactive ketones (excluding diaryl/α,β-unsaturated/α-hetero) is 1. The highest BCUT2D eigenvalue weighted by atomic mass is 32.1. The molecule has 0 fully saturated rings. The summed E-state index contributed by atoms with van der Waals surface area (Å²) in [6.07, 6.45) is 2.85. The lowest BCUT2D eigenvalue weighted by molar-refractivity contribution is 0.0820. The molecule has 0 saturated heterocycles. The number of aryl methyl sites for hydroxylation is 1. The number of carbonyl (C=O) groups is 2. The van der Waals surface area contributed by atoms with Crippen molar-refractivity contribution in [1.29, 1.82) is 0 Å². The van der Waals surface area contributed by atoms with E-state index in [1.54, 1.807) is 26.2 Å². The molecule has 2 aromatic heterocycles. The second-order valence-electron chi connectivity index (χ2n) is 6.06. The summed E-state index contributed by atoms with van der Waals surface area (Å²) in [5, 5.41) is 0.780. The number of carbonyl (C=O) groups excluding carboxylic acids is 2. The summed E-state index contributed by atoms with van der Waals surface area (Å²) in [6.45, 7) is 3.37. The predicted molar refractivity (Wildman–Crippen MR) is 102 cm³/mol. The first-order valence-electron chi connectivity index (χ1n) is 8.15. The smallest absolute Gasteiger partial charge is 0.273 e. The number of nitrogens with zero attached hydrogens (tertiary/aromatic N) is 4. The highest BCUT2D eigenvalue weighted by Gasteiger charge is 2.14. The van der Waals surface area contributed by atoms with E-state index in [1.807, 2.05) is 19.1 Å². The van der Waals surface area contributed by atoms with Crippen LogP contribution in [0.15, 0.2) is 36.7 Å². The number of hydrogen-bond donors (Lipinski definition) is 0. The summed E-state index contributed by atoms with van der Waals surface area (Å²) in [7, 11) is 3.29. The van der Waals surface area contributed by atoms with Gasteiger partial charge in [0.15, 0.2) is 11.5 Å². The molecule has 138 valence electrons. The maximum absolute atomic E-state index is 12.0. The van der Waals surface area contributed by atoms with Crippen molar-refractivity contribution in [3.63, 3.8) is 0 Å². The highest BCUT2D eigenvalue weighted by molar-refractivity contribution is 7.17. The third kappa shape index (κ3) is 4.17. The molecule has 8 heteroatoms. The van der Waals surface area contributed by atoms with Gasteiger partial charge in [-0.3, -0.25) is 14.6 Å². The number of thiazole rings is 1. The number of ether oxygens (including phenoxy) is 1. The first-order chi connectivity index (χ1) is 12.8. The lowest BCUT2D eigenvalue weighted by Crippen LogP contribution is -2.23. The number of aromatic nitrogens is 3. The molecular formula is C19H18N4O3S.